The third-order valence-electron chi connectivity index (χ3n) is 4.93. The Balaban J connectivity index is 1.44. The van der Waals surface area contributed by atoms with Gasteiger partial charge in [-0.3, -0.25) is 9.59 Å². The molecule has 0 aliphatic heterocycles. The Morgan fingerprint density at radius 1 is 1.10 bits per heavy atom. The highest BCUT2D eigenvalue weighted by Crippen LogP contribution is 2.26. The first-order valence-electron chi connectivity index (χ1n) is 9.92. The number of nitrogens with zero attached hydrogens (tertiary/aromatic N) is 1. The van der Waals surface area contributed by atoms with Crippen molar-refractivity contribution in [3.05, 3.63) is 92.8 Å². The Hall–Kier alpha value is -2.90. The number of carbonyl (C=O) groups excluding carboxylic acids is 1. The molecule has 4 aromatic rings. The largest absolute Gasteiger partial charge is 0.497 e. The lowest BCUT2D eigenvalue weighted by Gasteiger charge is -2.05. The van der Waals surface area contributed by atoms with Crippen LogP contribution < -0.4 is 10.3 Å². The van der Waals surface area contributed by atoms with Gasteiger partial charge in [0.25, 0.3) is 5.56 Å². The number of thiophene rings is 1. The summed E-state index contributed by atoms with van der Waals surface area (Å²) in [6.45, 7) is 0. The van der Waals surface area contributed by atoms with Crippen LogP contribution in [0.3, 0.4) is 0 Å². The van der Waals surface area contributed by atoms with Crippen molar-refractivity contribution in [1.82, 2.24) is 9.97 Å². The molecule has 2 aromatic carbocycles. The predicted molar refractivity (Wildman–Crippen MR) is 127 cm³/mol. The van der Waals surface area contributed by atoms with E-state index < -0.39 is 0 Å². The fourth-order valence-electron chi connectivity index (χ4n) is 3.30. The third-order valence-corrected chi connectivity index (χ3v) is 6.90. The number of nitrogens with one attached hydrogen (secondary N) is 1. The molecule has 0 unspecified atom stereocenters. The van der Waals surface area contributed by atoms with E-state index in [1.54, 1.807) is 18.9 Å². The summed E-state index contributed by atoms with van der Waals surface area (Å²) in [6.07, 6.45) is 0.830. The van der Waals surface area contributed by atoms with E-state index in [0.717, 1.165) is 28.4 Å². The van der Waals surface area contributed by atoms with Crippen molar-refractivity contribution in [2.75, 3.05) is 7.11 Å². The van der Waals surface area contributed by atoms with E-state index >= 15 is 0 Å². The lowest BCUT2D eigenvalue weighted by atomic mass is 10.1. The van der Waals surface area contributed by atoms with Gasteiger partial charge in [0, 0.05) is 17.9 Å². The highest BCUT2D eigenvalue weighted by Gasteiger charge is 2.15. The van der Waals surface area contributed by atoms with Crippen molar-refractivity contribution in [2.24, 2.45) is 0 Å². The summed E-state index contributed by atoms with van der Waals surface area (Å²) in [7, 11) is 1.61. The van der Waals surface area contributed by atoms with Crippen LogP contribution in [0.15, 0.2) is 64.8 Å². The first kappa shape index (κ1) is 21.3. The Morgan fingerprint density at radius 3 is 2.71 bits per heavy atom. The molecule has 0 saturated carbocycles. The van der Waals surface area contributed by atoms with Gasteiger partial charge in [0.15, 0.2) is 11.6 Å². The Bertz CT molecular complexity index is 1250. The molecule has 2 aromatic heterocycles. The summed E-state index contributed by atoms with van der Waals surface area (Å²) < 4.78 is 5.22. The first-order chi connectivity index (χ1) is 15.1. The van der Waals surface area contributed by atoms with Crippen LogP contribution in [0.1, 0.15) is 33.7 Å². The second-order valence-corrected chi connectivity index (χ2v) is 8.95. The predicted octanol–water partition coefficient (Wildman–Crippen LogP) is 5.24. The highest BCUT2D eigenvalue weighted by molar-refractivity contribution is 7.97. The molecule has 0 aliphatic carbocycles. The average molecular weight is 451 g/mol. The molecule has 0 atom stereocenters. The van der Waals surface area contributed by atoms with Gasteiger partial charge in [0.1, 0.15) is 10.6 Å². The van der Waals surface area contributed by atoms with Crippen LogP contribution >= 0.6 is 23.1 Å². The van der Waals surface area contributed by atoms with E-state index in [0.29, 0.717) is 16.6 Å². The number of aromatic nitrogens is 2. The van der Waals surface area contributed by atoms with E-state index in [-0.39, 0.29) is 23.6 Å². The normalized spacial score (nSPS) is 11.0. The van der Waals surface area contributed by atoms with Gasteiger partial charge in [-0.25, -0.2) is 4.98 Å². The molecule has 0 aliphatic rings. The second kappa shape index (κ2) is 9.94. The Kier molecular flexibility index (Phi) is 6.84. The fraction of sp³-hybridized carbons (Fsp3) is 0.208. The van der Waals surface area contributed by atoms with Gasteiger partial charge < -0.3 is 9.72 Å². The van der Waals surface area contributed by atoms with Crippen LogP contribution in [-0.2, 0) is 17.9 Å². The summed E-state index contributed by atoms with van der Waals surface area (Å²) >= 11 is 3.17. The number of ketones is 1. The number of methoxy groups -OCH3 is 1. The molecule has 1 N–H and O–H groups in total. The maximum atomic E-state index is 12.7. The molecule has 31 heavy (non-hydrogen) atoms. The molecule has 158 valence electrons. The van der Waals surface area contributed by atoms with Crippen molar-refractivity contribution in [3.63, 3.8) is 0 Å². The third kappa shape index (κ3) is 5.24. The number of thioether (sulfide) groups is 1. The molecule has 5 nitrogen and oxygen atoms in total. The van der Waals surface area contributed by atoms with Crippen LogP contribution in [0.5, 0.6) is 5.75 Å². The number of fused-ring (bicyclic) bond motifs is 1. The topological polar surface area (TPSA) is 72.0 Å². The van der Waals surface area contributed by atoms with Gasteiger partial charge in [-0.1, -0.05) is 42.5 Å². The number of rotatable bonds is 9. The molecular formula is C24H22N2O3S2. The summed E-state index contributed by atoms with van der Waals surface area (Å²) in [5.41, 5.74) is 2.98. The van der Waals surface area contributed by atoms with Crippen molar-refractivity contribution < 1.29 is 9.53 Å². The van der Waals surface area contributed by atoms with Gasteiger partial charge in [0.05, 0.1) is 12.5 Å². The lowest BCUT2D eigenvalue weighted by Crippen LogP contribution is -2.16. The quantitative estimate of drug-likeness (QED) is 0.353. The number of H-pyrrole nitrogens is 1. The SMILES string of the molecule is COc1cccc(CCC(=O)c2nc3scc(CSCc4ccccc4)c3c(=O)[nH]2)c1. The van der Waals surface area contributed by atoms with Crippen molar-refractivity contribution >= 4 is 39.1 Å². The minimum absolute atomic E-state index is 0.130. The zero-order valence-corrected chi connectivity index (χ0v) is 18.7. The van der Waals surface area contributed by atoms with E-state index in [1.807, 2.05) is 47.8 Å². The molecule has 0 saturated heterocycles. The van der Waals surface area contributed by atoms with E-state index in [9.17, 15) is 9.59 Å². The van der Waals surface area contributed by atoms with Crippen LogP contribution in [-0.4, -0.2) is 22.9 Å². The Labute approximate surface area is 188 Å². The number of aromatic amines is 1. The maximum Gasteiger partial charge on any atom is 0.260 e. The van der Waals surface area contributed by atoms with Crippen molar-refractivity contribution in [3.8, 4) is 5.75 Å². The number of hydrogen-bond donors (Lipinski definition) is 1. The first-order valence-corrected chi connectivity index (χ1v) is 12.0. The standard InChI is InChI=1S/C24H22N2O3S2/c1-29-19-9-5-8-16(12-19)10-11-20(27)22-25-23(28)21-18(15-31-24(21)26-22)14-30-13-17-6-3-2-4-7-17/h2-9,12,15H,10-11,13-14H2,1H3,(H,25,26,28). The zero-order valence-electron chi connectivity index (χ0n) is 17.1. The van der Waals surface area contributed by atoms with Crippen molar-refractivity contribution in [1.29, 1.82) is 0 Å². The lowest BCUT2D eigenvalue weighted by molar-refractivity contribution is 0.0973. The monoisotopic (exact) mass is 450 g/mol. The van der Waals surface area contributed by atoms with E-state index in [2.05, 4.69) is 22.1 Å². The molecular weight excluding hydrogens is 428 g/mol. The molecule has 0 bridgehead atoms. The van der Waals surface area contributed by atoms with E-state index in [4.69, 9.17) is 4.74 Å². The highest BCUT2D eigenvalue weighted by atomic mass is 32.2. The van der Waals surface area contributed by atoms with Gasteiger partial charge in [-0.05, 0) is 40.6 Å². The van der Waals surface area contributed by atoms with Gasteiger partial charge in [-0.2, -0.15) is 11.8 Å². The van der Waals surface area contributed by atoms with Gasteiger partial charge >= 0.3 is 0 Å². The minimum atomic E-state index is -0.244. The molecule has 7 heteroatoms. The Morgan fingerprint density at radius 2 is 1.90 bits per heavy atom. The fourth-order valence-corrected chi connectivity index (χ4v) is 5.33. The van der Waals surface area contributed by atoms with Crippen LogP contribution in [0.2, 0.25) is 0 Å². The number of aryl methyl sites for hydroxylation is 1. The average Bonchev–Trinajstić information content (AvgIpc) is 3.22. The summed E-state index contributed by atoms with van der Waals surface area (Å²) in [6, 6.07) is 17.9. The van der Waals surface area contributed by atoms with Gasteiger partial charge in [0.2, 0.25) is 0 Å². The number of carbonyl (C=O) groups is 1. The number of benzene rings is 2. The summed E-state index contributed by atoms with van der Waals surface area (Å²) in [5, 5.41) is 2.56. The molecule has 2 heterocycles. The van der Waals surface area contributed by atoms with Gasteiger partial charge in [-0.15, -0.1) is 11.3 Å². The smallest absolute Gasteiger partial charge is 0.260 e. The van der Waals surface area contributed by atoms with Crippen molar-refractivity contribution in [2.45, 2.75) is 24.3 Å². The zero-order chi connectivity index (χ0) is 21.6. The second-order valence-electron chi connectivity index (χ2n) is 7.11. The summed E-state index contributed by atoms with van der Waals surface area (Å²) in [5.74, 6) is 2.32. The van der Waals surface area contributed by atoms with E-state index in [1.165, 1.54) is 16.9 Å². The van der Waals surface area contributed by atoms with Crippen LogP contribution in [0, 0.1) is 0 Å². The number of ether oxygens (including phenoxy) is 1. The summed E-state index contributed by atoms with van der Waals surface area (Å²) in [4.78, 5) is 33.1. The molecule has 0 fully saturated rings. The maximum absolute atomic E-state index is 12.7. The molecule has 0 spiro atoms. The van der Waals surface area contributed by atoms with Crippen LogP contribution in [0.4, 0.5) is 0 Å². The van der Waals surface area contributed by atoms with Crippen LogP contribution in [0.25, 0.3) is 10.2 Å². The molecule has 0 amide bonds. The number of hydrogen-bond acceptors (Lipinski definition) is 6. The molecule has 4 rings (SSSR count). The molecule has 0 radical (unpaired) electrons. The number of Topliss-reactive ketones (excluding diaryl/α,β-unsaturated/α-hetero) is 1. The minimum Gasteiger partial charge on any atom is -0.497 e.